The van der Waals surface area contributed by atoms with Gasteiger partial charge in [-0.1, -0.05) is 54.1 Å². The van der Waals surface area contributed by atoms with Gasteiger partial charge in [0.05, 0.1) is 5.52 Å². The number of carbonyl (C=O) groups excluding carboxylic acids is 1. The zero-order valence-corrected chi connectivity index (χ0v) is 15.4. The Kier molecular flexibility index (Phi) is 4.45. The van der Waals surface area contributed by atoms with Gasteiger partial charge in [-0.15, -0.1) is 5.10 Å². The lowest BCUT2D eigenvalue weighted by Crippen LogP contribution is -2.23. The normalized spacial score (nSPS) is 10.9. The molecule has 0 bridgehead atoms. The standard InChI is InChI=1S/C22H20N4O2/c1-14-6-8-15(9-7-14)12-24-22(28)20-18-11-10-16(13-26(18)25-21(20)23)17-4-2-3-5-19(17)27/h2-11,13,27H,12H2,1H3,(H2,23,25)(H,24,28). The highest BCUT2D eigenvalue weighted by atomic mass is 16.3. The van der Waals surface area contributed by atoms with Crippen LogP contribution in [0.3, 0.4) is 0 Å². The predicted octanol–water partition coefficient (Wildman–Crippen LogP) is 3.53. The molecule has 0 aliphatic carbocycles. The number of fused-ring (bicyclic) bond motifs is 1. The van der Waals surface area contributed by atoms with Crippen LogP contribution in [0, 0.1) is 6.92 Å². The Morgan fingerprint density at radius 3 is 2.61 bits per heavy atom. The third-order valence-corrected chi connectivity index (χ3v) is 4.67. The minimum absolute atomic E-state index is 0.163. The quantitative estimate of drug-likeness (QED) is 0.511. The van der Waals surface area contributed by atoms with Crippen molar-refractivity contribution < 1.29 is 9.90 Å². The molecule has 0 fully saturated rings. The average Bonchev–Trinajstić information content (AvgIpc) is 3.02. The van der Waals surface area contributed by atoms with Crippen molar-refractivity contribution in [2.75, 3.05) is 5.73 Å². The van der Waals surface area contributed by atoms with Crippen LogP contribution >= 0.6 is 0 Å². The van der Waals surface area contributed by atoms with Crippen molar-refractivity contribution in [3.63, 3.8) is 0 Å². The first-order valence-corrected chi connectivity index (χ1v) is 8.93. The minimum Gasteiger partial charge on any atom is -0.507 e. The van der Waals surface area contributed by atoms with Crippen LogP contribution in [0.25, 0.3) is 16.6 Å². The Hall–Kier alpha value is -3.80. The molecule has 4 aromatic rings. The summed E-state index contributed by atoms with van der Waals surface area (Å²) in [4.78, 5) is 12.7. The molecule has 0 unspecified atom stereocenters. The van der Waals surface area contributed by atoms with Crippen LogP contribution in [-0.2, 0) is 6.54 Å². The number of carbonyl (C=O) groups is 1. The summed E-state index contributed by atoms with van der Waals surface area (Å²) in [5.74, 6) is 0.0669. The van der Waals surface area contributed by atoms with Crippen LogP contribution in [-0.4, -0.2) is 20.6 Å². The van der Waals surface area contributed by atoms with Gasteiger partial charge in [0.15, 0.2) is 5.82 Å². The molecular formula is C22H20N4O2. The summed E-state index contributed by atoms with van der Waals surface area (Å²) in [6.07, 6.45) is 1.75. The molecule has 0 aliphatic rings. The van der Waals surface area contributed by atoms with Crippen LogP contribution in [0.5, 0.6) is 5.75 Å². The van der Waals surface area contributed by atoms with Crippen molar-refractivity contribution in [3.05, 3.63) is 83.6 Å². The number of rotatable bonds is 4. The van der Waals surface area contributed by atoms with Crippen LogP contribution in [0.2, 0.25) is 0 Å². The van der Waals surface area contributed by atoms with Crippen molar-refractivity contribution in [1.82, 2.24) is 14.9 Å². The summed E-state index contributed by atoms with van der Waals surface area (Å²) < 4.78 is 1.57. The van der Waals surface area contributed by atoms with E-state index in [1.165, 1.54) is 5.56 Å². The van der Waals surface area contributed by atoms with E-state index in [0.29, 0.717) is 23.2 Å². The second-order valence-corrected chi connectivity index (χ2v) is 6.69. The zero-order valence-electron chi connectivity index (χ0n) is 15.4. The van der Waals surface area contributed by atoms with Gasteiger partial charge in [-0.3, -0.25) is 4.79 Å². The van der Waals surface area contributed by atoms with Crippen LogP contribution in [0.1, 0.15) is 21.5 Å². The lowest BCUT2D eigenvalue weighted by Gasteiger charge is -2.07. The van der Waals surface area contributed by atoms with Gasteiger partial charge in [-0.25, -0.2) is 4.52 Å². The van der Waals surface area contributed by atoms with Crippen molar-refractivity contribution >= 4 is 17.2 Å². The molecule has 2 heterocycles. The fourth-order valence-electron chi connectivity index (χ4n) is 3.15. The maximum atomic E-state index is 12.7. The van der Waals surface area contributed by atoms with E-state index in [2.05, 4.69) is 10.4 Å². The van der Waals surface area contributed by atoms with E-state index in [9.17, 15) is 9.90 Å². The number of nitrogen functional groups attached to an aromatic ring is 1. The number of aryl methyl sites for hydroxylation is 1. The molecule has 28 heavy (non-hydrogen) atoms. The second-order valence-electron chi connectivity index (χ2n) is 6.69. The predicted molar refractivity (Wildman–Crippen MR) is 109 cm³/mol. The van der Waals surface area contributed by atoms with E-state index in [-0.39, 0.29) is 17.5 Å². The number of hydrogen-bond acceptors (Lipinski definition) is 4. The molecule has 6 heteroatoms. The highest BCUT2D eigenvalue weighted by Crippen LogP contribution is 2.30. The molecular weight excluding hydrogens is 352 g/mol. The number of aromatic nitrogens is 2. The number of aromatic hydroxyl groups is 1. The molecule has 0 aliphatic heterocycles. The fraction of sp³-hybridized carbons (Fsp3) is 0.0909. The smallest absolute Gasteiger partial charge is 0.257 e. The molecule has 2 aromatic carbocycles. The number of hydrogen-bond donors (Lipinski definition) is 3. The van der Waals surface area contributed by atoms with E-state index in [4.69, 9.17) is 5.73 Å². The van der Waals surface area contributed by atoms with Gasteiger partial charge < -0.3 is 16.2 Å². The number of nitrogens with two attached hydrogens (primary N) is 1. The molecule has 0 saturated heterocycles. The summed E-state index contributed by atoms with van der Waals surface area (Å²) in [5.41, 5.74) is 10.6. The number of phenols is 1. The number of para-hydroxylation sites is 1. The summed E-state index contributed by atoms with van der Waals surface area (Å²) in [6, 6.07) is 18.6. The van der Waals surface area contributed by atoms with Gasteiger partial charge in [0.25, 0.3) is 5.91 Å². The van der Waals surface area contributed by atoms with Crippen LogP contribution in [0.4, 0.5) is 5.82 Å². The Morgan fingerprint density at radius 2 is 1.86 bits per heavy atom. The largest absolute Gasteiger partial charge is 0.507 e. The summed E-state index contributed by atoms with van der Waals surface area (Å²) in [7, 11) is 0. The summed E-state index contributed by atoms with van der Waals surface area (Å²) in [5, 5.41) is 17.2. The Balaban J connectivity index is 1.62. The molecule has 1 amide bonds. The van der Waals surface area contributed by atoms with Crippen LogP contribution < -0.4 is 11.1 Å². The summed E-state index contributed by atoms with van der Waals surface area (Å²) in [6.45, 7) is 2.43. The first-order valence-electron chi connectivity index (χ1n) is 8.93. The third-order valence-electron chi connectivity index (χ3n) is 4.67. The molecule has 140 valence electrons. The van der Waals surface area contributed by atoms with Crippen LogP contribution in [0.15, 0.2) is 66.9 Å². The van der Waals surface area contributed by atoms with E-state index in [0.717, 1.165) is 11.1 Å². The minimum atomic E-state index is -0.275. The molecule has 0 spiro atoms. The number of phenolic OH excluding ortho intramolecular Hbond substituents is 1. The van der Waals surface area contributed by atoms with Gasteiger partial charge in [0, 0.05) is 23.9 Å². The Bertz CT molecular complexity index is 1160. The highest BCUT2D eigenvalue weighted by Gasteiger charge is 2.18. The van der Waals surface area contributed by atoms with E-state index >= 15 is 0 Å². The van der Waals surface area contributed by atoms with Crippen molar-refractivity contribution in [2.45, 2.75) is 13.5 Å². The van der Waals surface area contributed by atoms with Crippen molar-refractivity contribution in [3.8, 4) is 16.9 Å². The molecule has 4 N–H and O–H groups in total. The first-order chi connectivity index (χ1) is 13.5. The maximum absolute atomic E-state index is 12.7. The average molecular weight is 372 g/mol. The Morgan fingerprint density at radius 1 is 1.11 bits per heavy atom. The number of nitrogens with zero attached hydrogens (tertiary/aromatic N) is 2. The number of amides is 1. The third kappa shape index (κ3) is 3.27. The molecule has 4 rings (SSSR count). The topological polar surface area (TPSA) is 92.7 Å². The van der Waals surface area contributed by atoms with Gasteiger partial charge in [0.1, 0.15) is 11.3 Å². The van der Waals surface area contributed by atoms with E-state index in [1.54, 1.807) is 28.9 Å². The number of pyridine rings is 1. The van der Waals surface area contributed by atoms with Crippen molar-refractivity contribution in [2.24, 2.45) is 0 Å². The SMILES string of the molecule is Cc1ccc(CNC(=O)c2c(N)nn3cc(-c4ccccc4O)ccc23)cc1. The number of anilines is 1. The van der Waals surface area contributed by atoms with Gasteiger partial charge >= 0.3 is 0 Å². The molecule has 0 atom stereocenters. The molecule has 6 nitrogen and oxygen atoms in total. The zero-order chi connectivity index (χ0) is 19.7. The lowest BCUT2D eigenvalue weighted by atomic mass is 10.1. The van der Waals surface area contributed by atoms with Crippen molar-refractivity contribution in [1.29, 1.82) is 0 Å². The highest BCUT2D eigenvalue weighted by molar-refractivity contribution is 6.05. The van der Waals surface area contributed by atoms with Gasteiger partial charge in [-0.2, -0.15) is 0 Å². The van der Waals surface area contributed by atoms with Gasteiger partial charge in [-0.05, 0) is 24.6 Å². The van der Waals surface area contributed by atoms with Gasteiger partial charge in [0.2, 0.25) is 0 Å². The molecule has 0 radical (unpaired) electrons. The second kappa shape index (κ2) is 7.08. The molecule has 2 aromatic heterocycles. The summed E-state index contributed by atoms with van der Waals surface area (Å²) >= 11 is 0. The Labute approximate surface area is 162 Å². The number of benzene rings is 2. The maximum Gasteiger partial charge on any atom is 0.257 e. The lowest BCUT2D eigenvalue weighted by molar-refractivity contribution is 0.0953. The fourth-order valence-corrected chi connectivity index (χ4v) is 3.15. The van der Waals surface area contributed by atoms with E-state index < -0.39 is 0 Å². The van der Waals surface area contributed by atoms with E-state index in [1.807, 2.05) is 49.4 Å². The molecule has 0 saturated carbocycles. The number of nitrogens with one attached hydrogen (secondary N) is 1. The monoisotopic (exact) mass is 372 g/mol. The first kappa shape index (κ1) is 17.6.